The van der Waals surface area contributed by atoms with Gasteiger partial charge >= 0.3 is 6.09 Å². The Bertz CT molecular complexity index is 1170. The van der Waals surface area contributed by atoms with Crippen molar-refractivity contribution < 1.29 is 33.8 Å². The number of carbonyl (C=O) groups is 4. The number of hydrogen-bond acceptors (Lipinski definition) is 7. The molecule has 1 fully saturated rings. The predicted molar refractivity (Wildman–Crippen MR) is 139 cm³/mol. The Labute approximate surface area is 221 Å². The predicted octanol–water partition coefficient (Wildman–Crippen LogP) is 2.84. The van der Waals surface area contributed by atoms with Gasteiger partial charge in [0.05, 0.1) is 13.5 Å². The average molecular weight is 527 g/mol. The molecule has 0 spiro atoms. The summed E-state index contributed by atoms with van der Waals surface area (Å²) in [5.74, 6) is -1.52. The van der Waals surface area contributed by atoms with Crippen LogP contribution in [0.3, 0.4) is 0 Å². The van der Waals surface area contributed by atoms with Crippen LogP contribution < -0.4 is 21.1 Å². The Morgan fingerprint density at radius 2 is 1.76 bits per heavy atom. The Morgan fingerprint density at radius 3 is 2.29 bits per heavy atom. The minimum absolute atomic E-state index is 0.0893. The van der Waals surface area contributed by atoms with E-state index in [9.17, 15) is 24.3 Å². The lowest BCUT2D eigenvalue weighted by molar-refractivity contribution is -0.142. The monoisotopic (exact) mass is 526 g/mol. The molecule has 2 aromatic carbocycles. The van der Waals surface area contributed by atoms with Crippen LogP contribution in [0.4, 0.5) is 10.5 Å². The molecule has 38 heavy (non-hydrogen) atoms. The van der Waals surface area contributed by atoms with Crippen molar-refractivity contribution in [2.24, 2.45) is 5.73 Å². The van der Waals surface area contributed by atoms with Gasteiger partial charge in [0.2, 0.25) is 11.8 Å². The third kappa shape index (κ3) is 7.86. The second-order valence-corrected chi connectivity index (χ2v) is 10.1. The number of hydrogen-bond donors (Lipinski definition) is 4. The van der Waals surface area contributed by atoms with E-state index in [2.05, 4.69) is 10.6 Å². The normalized spacial score (nSPS) is 14.5. The number of phenols is 1. The summed E-state index contributed by atoms with van der Waals surface area (Å²) in [6, 6.07) is 9.81. The second kappa shape index (κ2) is 11.8. The highest BCUT2D eigenvalue weighted by Gasteiger charge is 2.44. The SMILES string of the molecule is COc1ccc(NC(=O)C(c2cccc(O)c2)N(C(=O)C(CC(N)=O)NC(=O)OC(C)(C)C)C2CC2)cc1. The van der Waals surface area contributed by atoms with E-state index in [0.29, 0.717) is 29.8 Å². The molecule has 1 aliphatic rings. The van der Waals surface area contributed by atoms with Gasteiger partial charge in [0.25, 0.3) is 5.91 Å². The smallest absolute Gasteiger partial charge is 0.408 e. The first-order chi connectivity index (χ1) is 17.9. The third-order valence-electron chi connectivity index (χ3n) is 5.66. The van der Waals surface area contributed by atoms with E-state index < -0.39 is 47.9 Å². The van der Waals surface area contributed by atoms with Crippen molar-refractivity contribution in [3.8, 4) is 11.5 Å². The van der Waals surface area contributed by atoms with Crippen LogP contribution in [-0.2, 0) is 19.1 Å². The van der Waals surface area contributed by atoms with Crippen molar-refractivity contribution in [1.29, 1.82) is 0 Å². The number of carbonyl (C=O) groups excluding carboxylic acids is 4. The number of aromatic hydroxyl groups is 1. The maximum absolute atomic E-state index is 13.9. The number of nitrogens with one attached hydrogen (secondary N) is 2. The fraction of sp³-hybridized carbons (Fsp3) is 0.407. The summed E-state index contributed by atoms with van der Waals surface area (Å²) in [4.78, 5) is 53.3. The summed E-state index contributed by atoms with van der Waals surface area (Å²) in [5, 5.41) is 15.4. The van der Waals surface area contributed by atoms with Crippen molar-refractivity contribution in [3.63, 3.8) is 0 Å². The number of alkyl carbamates (subject to hydrolysis) is 1. The van der Waals surface area contributed by atoms with Crippen molar-refractivity contribution >= 4 is 29.5 Å². The first-order valence-electron chi connectivity index (χ1n) is 12.2. The quantitative estimate of drug-likeness (QED) is 0.370. The van der Waals surface area contributed by atoms with Crippen LogP contribution in [0.1, 0.15) is 51.6 Å². The van der Waals surface area contributed by atoms with Gasteiger partial charge in [-0.25, -0.2) is 4.79 Å². The summed E-state index contributed by atoms with van der Waals surface area (Å²) in [6.45, 7) is 4.99. The van der Waals surface area contributed by atoms with Crippen LogP contribution in [-0.4, -0.2) is 58.6 Å². The van der Waals surface area contributed by atoms with Gasteiger partial charge in [0.1, 0.15) is 29.2 Å². The van der Waals surface area contributed by atoms with Crippen molar-refractivity contribution in [1.82, 2.24) is 10.2 Å². The van der Waals surface area contributed by atoms with Crippen molar-refractivity contribution in [2.75, 3.05) is 12.4 Å². The molecule has 11 nitrogen and oxygen atoms in total. The van der Waals surface area contributed by atoms with E-state index in [4.69, 9.17) is 15.2 Å². The minimum atomic E-state index is -1.36. The summed E-state index contributed by atoms with van der Waals surface area (Å²) in [5.41, 5.74) is 5.37. The van der Waals surface area contributed by atoms with Crippen molar-refractivity contribution in [3.05, 3.63) is 54.1 Å². The Morgan fingerprint density at radius 1 is 1.11 bits per heavy atom. The lowest BCUT2D eigenvalue weighted by atomic mass is 10.0. The van der Waals surface area contributed by atoms with E-state index in [1.54, 1.807) is 57.2 Å². The molecule has 5 N–H and O–H groups in total. The summed E-state index contributed by atoms with van der Waals surface area (Å²) >= 11 is 0. The number of phenolic OH excluding ortho intramolecular Hbond substituents is 1. The first kappa shape index (κ1) is 28.3. The third-order valence-corrected chi connectivity index (χ3v) is 5.66. The number of rotatable bonds is 10. The van der Waals surface area contributed by atoms with E-state index in [0.717, 1.165) is 0 Å². The molecule has 1 saturated carbocycles. The van der Waals surface area contributed by atoms with Gasteiger partial charge in [-0.3, -0.25) is 14.4 Å². The second-order valence-electron chi connectivity index (χ2n) is 10.1. The largest absolute Gasteiger partial charge is 0.508 e. The zero-order valence-corrected chi connectivity index (χ0v) is 21.9. The van der Waals surface area contributed by atoms with E-state index in [1.807, 2.05) is 0 Å². The Balaban J connectivity index is 1.97. The lowest BCUT2D eigenvalue weighted by Crippen LogP contribution is -2.54. The van der Waals surface area contributed by atoms with Gasteiger partial charge in [0, 0.05) is 11.7 Å². The summed E-state index contributed by atoms with van der Waals surface area (Å²) in [7, 11) is 1.53. The van der Waals surface area contributed by atoms with Crippen LogP contribution in [0, 0.1) is 0 Å². The molecule has 4 amide bonds. The number of methoxy groups -OCH3 is 1. The van der Waals surface area contributed by atoms with Gasteiger partial charge in [-0.05, 0) is 75.6 Å². The first-order valence-corrected chi connectivity index (χ1v) is 12.2. The van der Waals surface area contributed by atoms with Crippen LogP contribution in [0.15, 0.2) is 48.5 Å². The fourth-order valence-electron chi connectivity index (χ4n) is 3.92. The molecule has 204 valence electrons. The summed E-state index contributed by atoms with van der Waals surface area (Å²) < 4.78 is 10.4. The number of amides is 4. The standard InChI is InChI=1S/C27H34N4O7/c1-27(2,3)38-26(36)30-21(15-22(28)33)25(35)31(18-10-11-18)23(16-6-5-7-19(32)14-16)24(34)29-17-8-12-20(37-4)13-9-17/h5-9,12-14,18,21,23,32H,10-11,15H2,1-4H3,(H2,28,33)(H,29,34)(H,30,36). The minimum Gasteiger partial charge on any atom is -0.508 e. The lowest BCUT2D eigenvalue weighted by Gasteiger charge is -2.34. The fourth-order valence-corrected chi connectivity index (χ4v) is 3.92. The van der Waals surface area contributed by atoms with E-state index in [-0.39, 0.29) is 11.8 Å². The maximum Gasteiger partial charge on any atom is 0.408 e. The van der Waals surface area contributed by atoms with Gasteiger partial charge < -0.3 is 35.8 Å². The van der Waals surface area contributed by atoms with E-state index in [1.165, 1.54) is 24.1 Å². The average Bonchev–Trinajstić information content (AvgIpc) is 3.65. The Kier molecular flexibility index (Phi) is 8.82. The van der Waals surface area contributed by atoms with Crippen LogP contribution >= 0.6 is 0 Å². The molecular formula is C27H34N4O7. The van der Waals surface area contributed by atoms with Gasteiger partial charge in [-0.2, -0.15) is 0 Å². The number of ether oxygens (including phenoxy) is 2. The molecule has 2 aromatic rings. The topological polar surface area (TPSA) is 160 Å². The van der Waals surface area contributed by atoms with E-state index >= 15 is 0 Å². The van der Waals surface area contributed by atoms with Gasteiger partial charge in [-0.1, -0.05) is 12.1 Å². The van der Waals surface area contributed by atoms with Crippen LogP contribution in [0.25, 0.3) is 0 Å². The molecule has 0 radical (unpaired) electrons. The molecule has 11 heteroatoms. The molecule has 1 aliphatic carbocycles. The number of nitrogens with zero attached hydrogens (tertiary/aromatic N) is 1. The Hall–Kier alpha value is -4.28. The summed E-state index contributed by atoms with van der Waals surface area (Å²) in [6.07, 6.45) is -0.155. The molecule has 2 atom stereocenters. The number of nitrogens with two attached hydrogens (primary N) is 1. The van der Waals surface area contributed by atoms with Crippen molar-refractivity contribution in [2.45, 2.75) is 63.8 Å². The number of primary amides is 1. The molecule has 0 aliphatic heterocycles. The molecule has 3 rings (SSSR count). The molecular weight excluding hydrogens is 492 g/mol. The highest BCUT2D eigenvalue weighted by Crippen LogP contribution is 2.37. The molecule has 0 saturated heterocycles. The van der Waals surface area contributed by atoms with Crippen LogP contribution in [0.5, 0.6) is 11.5 Å². The zero-order chi connectivity index (χ0) is 28.0. The highest BCUT2D eigenvalue weighted by molar-refractivity contribution is 6.00. The number of benzene rings is 2. The molecule has 0 aromatic heterocycles. The highest BCUT2D eigenvalue weighted by atomic mass is 16.6. The molecule has 2 unspecified atom stereocenters. The van der Waals surface area contributed by atoms with Crippen LogP contribution in [0.2, 0.25) is 0 Å². The zero-order valence-electron chi connectivity index (χ0n) is 21.9. The molecule has 0 bridgehead atoms. The van der Waals surface area contributed by atoms with Gasteiger partial charge in [-0.15, -0.1) is 0 Å². The molecule has 0 heterocycles. The van der Waals surface area contributed by atoms with Gasteiger partial charge in [0.15, 0.2) is 0 Å². The number of anilines is 1. The maximum atomic E-state index is 13.9.